The normalized spacial score (nSPS) is 32.0. The molecule has 1 saturated heterocycles. The van der Waals surface area contributed by atoms with Crippen LogP contribution >= 0.6 is 0 Å². The summed E-state index contributed by atoms with van der Waals surface area (Å²) in [6, 6.07) is 10.3. The maximum Gasteiger partial charge on any atom is 0.158 e. The maximum atomic E-state index is 5.79. The molecule has 0 radical (unpaired) electrons. The van der Waals surface area contributed by atoms with Crippen molar-refractivity contribution in [2.24, 2.45) is 5.92 Å². The minimum absolute atomic E-state index is 0.0322. The molecule has 2 nitrogen and oxygen atoms in total. The lowest BCUT2D eigenvalue weighted by molar-refractivity contribution is -0.117. The Kier molecular flexibility index (Phi) is 2.85. The molecular weight excluding hydrogens is 176 g/mol. The van der Waals surface area contributed by atoms with E-state index in [1.165, 1.54) is 5.56 Å². The zero-order chi connectivity index (χ0) is 9.97. The van der Waals surface area contributed by atoms with E-state index in [1.807, 2.05) is 18.2 Å². The van der Waals surface area contributed by atoms with Crippen LogP contribution in [0.3, 0.4) is 0 Å². The summed E-state index contributed by atoms with van der Waals surface area (Å²) in [5, 5.41) is 0. The van der Waals surface area contributed by atoms with Crippen molar-refractivity contribution in [1.82, 2.24) is 0 Å². The third kappa shape index (κ3) is 1.81. The Balaban J connectivity index is 2.13. The van der Waals surface area contributed by atoms with E-state index < -0.39 is 0 Å². The van der Waals surface area contributed by atoms with Crippen molar-refractivity contribution in [3.63, 3.8) is 0 Å². The molecule has 0 saturated carbocycles. The molecule has 1 aliphatic rings. The highest BCUT2D eigenvalue weighted by Gasteiger charge is 2.32. The minimum Gasteiger partial charge on any atom is -0.356 e. The Labute approximate surface area is 84.8 Å². The molecule has 1 aromatic carbocycles. The van der Waals surface area contributed by atoms with Crippen LogP contribution in [0.25, 0.3) is 0 Å². The number of rotatable bonds is 2. The van der Waals surface area contributed by atoms with Crippen LogP contribution in [0.4, 0.5) is 0 Å². The van der Waals surface area contributed by atoms with Crippen molar-refractivity contribution in [2.45, 2.75) is 25.7 Å². The largest absolute Gasteiger partial charge is 0.356 e. The van der Waals surface area contributed by atoms with Crippen molar-refractivity contribution in [1.29, 1.82) is 0 Å². The van der Waals surface area contributed by atoms with Gasteiger partial charge in [0.15, 0.2) is 6.29 Å². The van der Waals surface area contributed by atoms with Gasteiger partial charge < -0.3 is 9.47 Å². The third-order valence-electron chi connectivity index (χ3n) is 2.77. The van der Waals surface area contributed by atoms with E-state index in [-0.39, 0.29) is 12.4 Å². The summed E-state index contributed by atoms with van der Waals surface area (Å²) in [6.45, 7) is 2.21. The van der Waals surface area contributed by atoms with Gasteiger partial charge in [-0.25, -0.2) is 0 Å². The first-order valence-electron chi connectivity index (χ1n) is 5.04. The predicted molar refractivity (Wildman–Crippen MR) is 54.8 cm³/mol. The van der Waals surface area contributed by atoms with Gasteiger partial charge in [0, 0.05) is 13.5 Å². The van der Waals surface area contributed by atoms with Gasteiger partial charge >= 0.3 is 0 Å². The first-order chi connectivity index (χ1) is 6.81. The number of ether oxygens (including phenoxy) is 2. The van der Waals surface area contributed by atoms with Gasteiger partial charge in [0.05, 0.1) is 6.10 Å². The average molecular weight is 192 g/mol. The second-order valence-corrected chi connectivity index (χ2v) is 3.85. The highest BCUT2D eigenvalue weighted by Crippen LogP contribution is 2.37. The van der Waals surface area contributed by atoms with Crippen LogP contribution in [0.2, 0.25) is 0 Å². The predicted octanol–water partition coefficient (Wildman–Crippen LogP) is 2.76. The summed E-state index contributed by atoms with van der Waals surface area (Å²) < 4.78 is 11.0. The molecule has 1 heterocycles. The van der Waals surface area contributed by atoms with E-state index in [0.29, 0.717) is 5.92 Å². The first kappa shape index (κ1) is 9.69. The second kappa shape index (κ2) is 4.11. The van der Waals surface area contributed by atoms with Gasteiger partial charge in [-0.1, -0.05) is 37.3 Å². The average Bonchev–Trinajstić information content (AvgIpc) is 2.61. The van der Waals surface area contributed by atoms with Crippen LogP contribution in [0.1, 0.15) is 25.0 Å². The van der Waals surface area contributed by atoms with Crippen LogP contribution in [0, 0.1) is 5.92 Å². The molecule has 1 aromatic rings. The van der Waals surface area contributed by atoms with Gasteiger partial charge in [-0.2, -0.15) is 0 Å². The van der Waals surface area contributed by atoms with E-state index in [4.69, 9.17) is 9.47 Å². The minimum atomic E-state index is -0.0322. The molecule has 3 atom stereocenters. The fourth-order valence-electron chi connectivity index (χ4n) is 1.98. The summed E-state index contributed by atoms with van der Waals surface area (Å²) in [7, 11) is 1.70. The number of hydrogen-bond acceptors (Lipinski definition) is 2. The Hall–Kier alpha value is -0.860. The zero-order valence-electron chi connectivity index (χ0n) is 8.64. The zero-order valence-corrected chi connectivity index (χ0v) is 8.64. The van der Waals surface area contributed by atoms with E-state index in [0.717, 1.165) is 6.42 Å². The Morgan fingerprint density at radius 1 is 1.29 bits per heavy atom. The quantitative estimate of drug-likeness (QED) is 0.717. The smallest absolute Gasteiger partial charge is 0.158 e. The molecule has 1 aliphatic heterocycles. The molecule has 2 heteroatoms. The van der Waals surface area contributed by atoms with Gasteiger partial charge in [-0.15, -0.1) is 0 Å². The van der Waals surface area contributed by atoms with Crippen molar-refractivity contribution in [3.8, 4) is 0 Å². The van der Waals surface area contributed by atoms with Crippen LogP contribution < -0.4 is 0 Å². The first-order valence-corrected chi connectivity index (χ1v) is 5.04. The van der Waals surface area contributed by atoms with E-state index in [1.54, 1.807) is 7.11 Å². The Bertz CT molecular complexity index is 284. The molecule has 0 aliphatic carbocycles. The topological polar surface area (TPSA) is 18.5 Å². The molecular formula is C12H16O2. The Morgan fingerprint density at radius 2 is 2.00 bits per heavy atom. The molecule has 0 aromatic heterocycles. The highest BCUT2D eigenvalue weighted by molar-refractivity contribution is 5.18. The lowest BCUT2D eigenvalue weighted by Gasteiger charge is -2.15. The summed E-state index contributed by atoms with van der Waals surface area (Å²) in [5.41, 5.74) is 1.25. The lowest BCUT2D eigenvalue weighted by Crippen LogP contribution is -2.08. The highest BCUT2D eigenvalue weighted by atomic mass is 16.7. The third-order valence-corrected chi connectivity index (χ3v) is 2.77. The van der Waals surface area contributed by atoms with Crippen LogP contribution in [-0.4, -0.2) is 13.4 Å². The van der Waals surface area contributed by atoms with Gasteiger partial charge in [0.25, 0.3) is 0 Å². The second-order valence-electron chi connectivity index (χ2n) is 3.85. The number of hydrogen-bond donors (Lipinski definition) is 0. The molecule has 76 valence electrons. The molecule has 14 heavy (non-hydrogen) atoms. The van der Waals surface area contributed by atoms with Crippen molar-refractivity contribution < 1.29 is 9.47 Å². The fourth-order valence-corrected chi connectivity index (χ4v) is 1.98. The van der Waals surface area contributed by atoms with Gasteiger partial charge in [0.2, 0.25) is 0 Å². The van der Waals surface area contributed by atoms with E-state index in [9.17, 15) is 0 Å². The van der Waals surface area contributed by atoms with Gasteiger partial charge in [-0.3, -0.25) is 0 Å². The molecule has 1 unspecified atom stereocenters. The fraction of sp³-hybridized carbons (Fsp3) is 0.500. The molecule has 1 fully saturated rings. The monoisotopic (exact) mass is 192 g/mol. The van der Waals surface area contributed by atoms with Crippen molar-refractivity contribution in [3.05, 3.63) is 35.9 Å². The van der Waals surface area contributed by atoms with Gasteiger partial charge in [0.1, 0.15) is 0 Å². The number of benzene rings is 1. The molecule has 0 spiro atoms. The van der Waals surface area contributed by atoms with Crippen LogP contribution in [-0.2, 0) is 9.47 Å². The summed E-state index contributed by atoms with van der Waals surface area (Å²) in [6.07, 6.45) is 1.15. The lowest BCUT2D eigenvalue weighted by atomic mass is 9.97. The van der Waals surface area contributed by atoms with Crippen LogP contribution in [0.15, 0.2) is 30.3 Å². The summed E-state index contributed by atoms with van der Waals surface area (Å²) in [4.78, 5) is 0. The van der Waals surface area contributed by atoms with E-state index in [2.05, 4.69) is 19.1 Å². The molecule has 0 amide bonds. The summed E-state index contributed by atoms with van der Waals surface area (Å²) >= 11 is 0. The number of methoxy groups -OCH3 is 1. The molecule has 0 N–H and O–H groups in total. The van der Waals surface area contributed by atoms with Crippen LogP contribution in [0.5, 0.6) is 0 Å². The maximum absolute atomic E-state index is 5.79. The SMILES string of the molecule is COC1C[C@@H](C)[C@H](c2ccccc2)O1. The summed E-state index contributed by atoms with van der Waals surface area (Å²) in [5.74, 6) is 0.530. The Morgan fingerprint density at radius 3 is 2.57 bits per heavy atom. The van der Waals surface area contributed by atoms with Gasteiger partial charge in [-0.05, 0) is 11.5 Å². The molecule has 2 rings (SSSR count). The van der Waals surface area contributed by atoms with E-state index >= 15 is 0 Å². The van der Waals surface area contributed by atoms with Crippen molar-refractivity contribution >= 4 is 0 Å². The molecule has 0 bridgehead atoms. The van der Waals surface area contributed by atoms with Crippen molar-refractivity contribution in [2.75, 3.05) is 7.11 Å². The standard InChI is InChI=1S/C12H16O2/c1-9-8-11(13-2)14-12(9)10-6-4-3-5-7-10/h3-7,9,11-12H,8H2,1-2H3/t9-,11?,12-/m1/s1.